The van der Waals surface area contributed by atoms with E-state index in [-0.39, 0.29) is 0 Å². The second-order valence-corrected chi connectivity index (χ2v) is 4.43. The number of benzene rings is 2. The lowest BCUT2D eigenvalue weighted by molar-refractivity contribution is 0.426. The van der Waals surface area contributed by atoms with Crippen molar-refractivity contribution < 1.29 is 10.0 Å². The Bertz CT molecular complexity index is 544. The van der Waals surface area contributed by atoms with Gasteiger partial charge in [-0.25, -0.2) is 0 Å². The maximum Gasteiger partial charge on any atom is 0.489 e. The van der Waals surface area contributed by atoms with Crippen LogP contribution in [0.15, 0.2) is 42.5 Å². The normalized spacial score (nSPS) is 10.4. The van der Waals surface area contributed by atoms with E-state index in [4.69, 9.17) is 23.2 Å². The van der Waals surface area contributed by atoms with Crippen LogP contribution in [0.5, 0.6) is 0 Å². The van der Waals surface area contributed by atoms with Crippen LogP contribution < -0.4 is 5.46 Å². The van der Waals surface area contributed by atoms with Gasteiger partial charge in [-0.2, -0.15) is 0 Å². The van der Waals surface area contributed by atoms with Gasteiger partial charge >= 0.3 is 7.12 Å². The van der Waals surface area contributed by atoms with Gasteiger partial charge in [-0.1, -0.05) is 53.5 Å². The zero-order valence-electron chi connectivity index (χ0n) is 8.77. The predicted molar refractivity (Wildman–Crippen MR) is 71.7 cm³/mol. The van der Waals surface area contributed by atoms with Crippen LogP contribution in [0.1, 0.15) is 0 Å². The van der Waals surface area contributed by atoms with Crippen LogP contribution in [-0.4, -0.2) is 17.2 Å². The Morgan fingerprint density at radius 3 is 2.24 bits per heavy atom. The summed E-state index contributed by atoms with van der Waals surface area (Å²) in [6, 6.07) is 12.1. The first kappa shape index (κ1) is 12.5. The smallest absolute Gasteiger partial charge is 0.423 e. The molecule has 0 radical (unpaired) electrons. The van der Waals surface area contributed by atoms with Gasteiger partial charge in [0.05, 0.1) is 0 Å². The van der Waals surface area contributed by atoms with Crippen LogP contribution in [0.25, 0.3) is 11.1 Å². The summed E-state index contributed by atoms with van der Waals surface area (Å²) in [4.78, 5) is 0. The SMILES string of the molecule is OB(O)c1ccccc1-c1ccc(Cl)cc1Cl. The van der Waals surface area contributed by atoms with E-state index in [0.717, 1.165) is 5.56 Å². The van der Waals surface area contributed by atoms with Crippen LogP contribution >= 0.6 is 23.2 Å². The first-order valence-electron chi connectivity index (χ1n) is 5.00. The van der Waals surface area contributed by atoms with Crippen molar-refractivity contribution in [3.63, 3.8) is 0 Å². The summed E-state index contributed by atoms with van der Waals surface area (Å²) in [5, 5.41) is 19.6. The molecule has 0 atom stereocenters. The molecule has 2 aromatic carbocycles. The first-order chi connectivity index (χ1) is 8.09. The fraction of sp³-hybridized carbons (Fsp3) is 0. The molecule has 17 heavy (non-hydrogen) atoms. The average Bonchev–Trinajstić information content (AvgIpc) is 2.29. The Balaban J connectivity index is 2.60. The highest BCUT2D eigenvalue weighted by Crippen LogP contribution is 2.29. The number of hydrogen-bond acceptors (Lipinski definition) is 2. The molecule has 2 N–H and O–H groups in total. The van der Waals surface area contributed by atoms with Gasteiger partial charge < -0.3 is 10.0 Å². The van der Waals surface area contributed by atoms with Gasteiger partial charge in [0.15, 0.2) is 0 Å². The molecule has 5 heteroatoms. The van der Waals surface area contributed by atoms with Crippen molar-refractivity contribution in [2.75, 3.05) is 0 Å². The Morgan fingerprint density at radius 1 is 0.882 bits per heavy atom. The molecule has 2 rings (SSSR count). The van der Waals surface area contributed by atoms with Crippen LogP contribution in [0.4, 0.5) is 0 Å². The minimum Gasteiger partial charge on any atom is -0.423 e. The standard InChI is InChI=1S/C12H9BCl2O2/c14-8-5-6-10(12(15)7-8)9-3-1-2-4-11(9)13(16)17/h1-7,16-17H. The molecule has 0 amide bonds. The second kappa shape index (κ2) is 5.11. The van der Waals surface area contributed by atoms with E-state index in [1.165, 1.54) is 0 Å². The quantitative estimate of drug-likeness (QED) is 0.820. The van der Waals surface area contributed by atoms with E-state index < -0.39 is 7.12 Å². The topological polar surface area (TPSA) is 40.5 Å². The molecule has 0 saturated heterocycles. The zero-order valence-corrected chi connectivity index (χ0v) is 10.3. The molecule has 0 spiro atoms. The molecular formula is C12H9BCl2O2. The predicted octanol–water partition coefficient (Wildman–Crippen LogP) is 2.34. The number of hydrogen-bond donors (Lipinski definition) is 2. The summed E-state index contributed by atoms with van der Waals surface area (Å²) in [6.07, 6.45) is 0. The van der Waals surface area contributed by atoms with Gasteiger partial charge in [0.2, 0.25) is 0 Å². The molecule has 0 heterocycles. The second-order valence-electron chi connectivity index (χ2n) is 3.59. The molecule has 0 aliphatic carbocycles. The van der Waals surface area contributed by atoms with Gasteiger partial charge in [-0.3, -0.25) is 0 Å². The first-order valence-corrected chi connectivity index (χ1v) is 5.75. The summed E-state index contributed by atoms with van der Waals surface area (Å²) in [5.41, 5.74) is 1.82. The Hall–Kier alpha value is -0.995. The third-order valence-corrected chi connectivity index (χ3v) is 3.01. The van der Waals surface area contributed by atoms with Crippen LogP contribution in [0, 0.1) is 0 Å². The maximum atomic E-state index is 9.30. The molecular weight excluding hydrogens is 258 g/mol. The summed E-state index contributed by atoms with van der Waals surface area (Å²) >= 11 is 11.9. The Morgan fingerprint density at radius 2 is 1.59 bits per heavy atom. The maximum absolute atomic E-state index is 9.30. The highest BCUT2D eigenvalue weighted by molar-refractivity contribution is 6.60. The van der Waals surface area contributed by atoms with Crippen molar-refractivity contribution in [3.05, 3.63) is 52.5 Å². The zero-order chi connectivity index (χ0) is 12.4. The molecule has 86 valence electrons. The van der Waals surface area contributed by atoms with E-state index >= 15 is 0 Å². The van der Waals surface area contributed by atoms with Gasteiger partial charge in [0.25, 0.3) is 0 Å². The van der Waals surface area contributed by atoms with Crippen LogP contribution in [0.3, 0.4) is 0 Å². The molecule has 0 aliphatic heterocycles. The molecule has 0 aromatic heterocycles. The molecule has 0 bridgehead atoms. The van der Waals surface area contributed by atoms with Crippen molar-refractivity contribution in [1.82, 2.24) is 0 Å². The largest absolute Gasteiger partial charge is 0.489 e. The Kier molecular flexibility index (Phi) is 3.74. The van der Waals surface area contributed by atoms with E-state index in [9.17, 15) is 10.0 Å². The molecule has 0 fully saturated rings. The lowest BCUT2D eigenvalue weighted by Gasteiger charge is -2.10. The minimum atomic E-state index is -1.53. The summed E-state index contributed by atoms with van der Waals surface area (Å²) in [5.74, 6) is 0. The van der Waals surface area contributed by atoms with Gasteiger partial charge in [-0.15, -0.1) is 0 Å². The third kappa shape index (κ3) is 2.64. The monoisotopic (exact) mass is 266 g/mol. The van der Waals surface area contributed by atoms with Crippen LogP contribution in [0.2, 0.25) is 10.0 Å². The molecule has 0 unspecified atom stereocenters. The van der Waals surface area contributed by atoms with Gasteiger partial charge in [-0.05, 0) is 23.2 Å². The highest BCUT2D eigenvalue weighted by Gasteiger charge is 2.17. The molecule has 0 aliphatic rings. The van der Waals surface area contributed by atoms with Crippen molar-refractivity contribution in [2.45, 2.75) is 0 Å². The van der Waals surface area contributed by atoms with Gasteiger partial charge in [0, 0.05) is 15.6 Å². The third-order valence-electron chi connectivity index (χ3n) is 2.46. The van der Waals surface area contributed by atoms with Crippen molar-refractivity contribution in [3.8, 4) is 11.1 Å². The van der Waals surface area contributed by atoms with E-state index in [2.05, 4.69) is 0 Å². The average molecular weight is 267 g/mol. The Labute approximate surface area is 110 Å². The fourth-order valence-electron chi connectivity index (χ4n) is 1.68. The summed E-state index contributed by atoms with van der Waals surface area (Å²) in [6.45, 7) is 0. The van der Waals surface area contributed by atoms with Crippen LogP contribution in [-0.2, 0) is 0 Å². The van der Waals surface area contributed by atoms with Crippen molar-refractivity contribution >= 4 is 35.8 Å². The van der Waals surface area contributed by atoms with E-state index in [0.29, 0.717) is 21.1 Å². The number of halogens is 2. The molecule has 0 saturated carbocycles. The van der Waals surface area contributed by atoms with E-state index in [1.807, 2.05) is 6.07 Å². The lowest BCUT2D eigenvalue weighted by atomic mass is 9.75. The molecule has 2 nitrogen and oxygen atoms in total. The summed E-state index contributed by atoms with van der Waals surface area (Å²) in [7, 11) is -1.53. The lowest BCUT2D eigenvalue weighted by Crippen LogP contribution is -2.31. The van der Waals surface area contributed by atoms with Crippen molar-refractivity contribution in [2.24, 2.45) is 0 Å². The minimum absolute atomic E-state index is 0.414. The summed E-state index contributed by atoms with van der Waals surface area (Å²) < 4.78 is 0. The number of rotatable bonds is 2. The van der Waals surface area contributed by atoms with Gasteiger partial charge in [0.1, 0.15) is 0 Å². The molecule has 2 aromatic rings. The van der Waals surface area contributed by atoms with Crippen molar-refractivity contribution in [1.29, 1.82) is 0 Å². The highest BCUT2D eigenvalue weighted by atomic mass is 35.5. The van der Waals surface area contributed by atoms with E-state index in [1.54, 1.807) is 36.4 Å². The fourth-order valence-corrected chi connectivity index (χ4v) is 2.19.